The van der Waals surface area contributed by atoms with Crippen LogP contribution in [0.3, 0.4) is 0 Å². The van der Waals surface area contributed by atoms with E-state index in [1.165, 1.54) is 23.5 Å². The first-order valence-corrected chi connectivity index (χ1v) is 20.0. The molecule has 0 aliphatic carbocycles. The Morgan fingerprint density at radius 2 is 1.68 bits per heavy atom. The van der Waals surface area contributed by atoms with Crippen molar-refractivity contribution < 1.29 is 50.9 Å². The van der Waals surface area contributed by atoms with Crippen LogP contribution in [0.15, 0.2) is 53.4 Å². The maximum absolute atomic E-state index is 13.8. The number of sulfonamides is 1. The molecule has 2 aliphatic heterocycles. The molecule has 0 spiro atoms. The van der Waals surface area contributed by atoms with Crippen molar-refractivity contribution in [3.05, 3.63) is 54.1 Å². The zero-order chi connectivity index (χ0) is 36.5. The van der Waals surface area contributed by atoms with Crippen molar-refractivity contribution in [1.82, 2.24) is 14.5 Å². The summed E-state index contributed by atoms with van der Waals surface area (Å²) >= 11 is 0. The molecule has 5 atom stereocenters. The number of carbonyl (C=O) groups excluding carboxylic acids is 1. The van der Waals surface area contributed by atoms with Gasteiger partial charge >= 0.3 is 13.7 Å². The van der Waals surface area contributed by atoms with Crippen molar-refractivity contribution >= 4 is 29.0 Å². The number of nitrogens with one attached hydrogen (secondary N) is 1. The topological polar surface area (TPSA) is 162 Å². The molecule has 0 unspecified atom stereocenters. The third kappa shape index (κ3) is 10.5. The molecular weight excluding hydrogens is 689 g/mol. The van der Waals surface area contributed by atoms with Gasteiger partial charge in [0.15, 0.2) is 6.29 Å². The number of methoxy groups -OCH3 is 1. The first-order valence-electron chi connectivity index (χ1n) is 17.0. The Bertz CT molecular complexity index is 1520. The van der Waals surface area contributed by atoms with E-state index < -0.39 is 48.3 Å². The van der Waals surface area contributed by atoms with Gasteiger partial charge in [0.1, 0.15) is 11.9 Å². The Kier molecular flexibility index (Phi) is 14.7. The van der Waals surface area contributed by atoms with Crippen LogP contribution in [0.4, 0.5) is 4.79 Å². The normalized spacial score (nSPS) is 20.6. The summed E-state index contributed by atoms with van der Waals surface area (Å²) in [6.45, 7) is 8.87. The molecule has 2 N–H and O–H groups in total. The summed E-state index contributed by atoms with van der Waals surface area (Å²) in [6, 6.07) is 12.2. The van der Waals surface area contributed by atoms with Crippen molar-refractivity contribution in [2.75, 3.05) is 60.2 Å². The molecule has 1 amide bonds. The third-order valence-corrected chi connectivity index (χ3v) is 12.5. The van der Waals surface area contributed by atoms with E-state index in [0.29, 0.717) is 30.6 Å². The molecule has 280 valence electrons. The summed E-state index contributed by atoms with van der Waals surface area (Å²) in [6.07, 6.45) is -2.27. The first kappa shape index (κ1) is 40.2. The highest BCUT2D eigenvalue weighted by molar-refractivity contribution is 7.89. The smallest absolute Gasteiger partial charge is 0.407 e. The average molecular weight is 742 g/mol. The Balaban J connectivity index is 1.52. The number of rotatable bonds is 19. The molecule has 0 saturated carbocycles. The monoisotopic (exact) mass is 741 g/mol. The van der Waals surface area contributed by atoms with Gasteiger partial charge in [-0.3, -0.25) is 9.46 Å². The Hall–Kier alpha value is -2.59. The highest BCUT2D eigenvalue weighted by Crippen LogP contribution is 2.46. The summed E-state index contributed by atoms with van der Waals surface area (Å²) in [5.74, 6) is 0.384. The van der Waals surface area contributed by atoms with E-state index in [1.807, 2.05) is 37.9 Å². The lowest BCUT2D eigenvalue weighted by Gasteiger charge is -2.32. The summed E-state index contributed by atoms with van der Waals surface area (Å²) in [5.41, 5.74) is 0.866. The predicted molar refractivity (Wildman–Crippen MR) is 187 cm³/mol. The van der Waals surface area contributed by atoms with Gasteiger partial charge in [-0.25, -0.2) is 13.2 Å². The van der Waals surface area contributed by atoms with Gasteiger partial charge in [-0.05, 0) is 75.2 Å². The molecular formula is C34H52N3O11PS. The lowest BCUT2D eigenvalue weighted by atomic mass is 10.0. The number of aliphatic hydroxyl groups is 1. The highest BCUT2D eigenvalue weighted by atomic mass is 32.2. The van der Waals surface area contributed by atoms with Crippen LogP contribution in [-0.4, -0.2) is 114 Å². The molecule has 50 heavy (non-hydrogen) atoms. The second kappa shape index (κ2) is 18.3. The molecule has 0 radical (unpaired) electrons. The number of amides is 1. The minimum absolute atomic E-state index is 0.0538. The summed E-state index contributed by atoms with van der Waals surface area (Å²) in [4.78, 5) is 15.2. The van der Waals surface area contributed by atoms with Crippen LogP contribution < -0.4 is 15.4 Å². The lowest BCUT2D eigenvalue weighted by molar-refractivity contribution is -0.0907. The van der Waals surface area contributed by atoms with Gasteiger partial charge in [0.2, 0.25) is 10.0 Å². The summed E-state index contributed by atoms with van der Waals surface area (Å²) < 4.78 is 75.1. The van der Waals surface area contributed by atoms with Gasteiger partial charge in [-0.2, -0.15) is 4.31 Å². The Morgan fingerprint density at radius 1 is 1.02 bits per heavy atom. The van der Waals surface area contributed by atoms with Gasteiger partial charge in [0.25, 0.3) is 0 Å². The number of benzene rings is 2. The highest BCUT2D eigenvalue weighted by Gasteiger charge is 2.44. The number of hydrogen-bond acceptors (Lipinski definition) is 12. The van der Waals surface area contributed by atoms with E-state index in [2.05, 4.69) is 5.32 Å². The lowest BCUT2D eigenvalue weighted by Crippen LogP contribution is -2.54. The van der Waals surface area contributed by atoms with E-state index >= 15 is 0 Å². The largest absolute Gasteiger partial charge is 0.497 e. The van der Waals surface area contributed by atoms with Crippen molar-refractivity contribution in [3.8, 4) is 5.75 Å². The van der Waals surface area contributed by atoms with Crippen LogP contribution in [0.25, 0.3) is 0 Å². The van der Waals surface area contributed by atoms with Crippen LogP contribution in [0.5, 0.6) is 5.75 Å². The zero-order valence-corrected chi connectivity index (χ0v) is 31.4. The molecule has 2 heterocycles. The molecule has 16 heteroatoms. The van der Waals surface area contributed by atoms with Gasteiger partial charge < -0.3 is 38.4 Å². The fourth-order valence-corrected chi connectivity index (χ4v) is 9.26. The number of ether oxygens (including phenoxy) is 4. The van der Waals surface area contributed by atoms with Crippen molar-refractivity contribution in [2.24, 2.45) is 11.8 Å². The number of hydrogen-bond donors (Lipinski definition) is 2. The van der Waals surface area contributed by atoms with Crippen LogP contribution in [0, 0.1) is 11.8 Å². The molecule has 0 bridgehead atoms. The van der Waals surface area contributed by atoms with Gasteiger partial charge in [-0.1, -0.05) is 26.0 Å². The molecule has 2 aromatic rings. The maximum atomic E-state index is 13.8. The molecule has 0 aromatic heterocycles. The molecule has 2 aliphatic rings. The number of aliphatic hydroxyl groups excluding tert-OH is 1. The van der Waals surface area contributed by atoms with Gasteiger partial charge in [0.05, 0.1) is 61.8 Å². The minimum Gasteiger partial charge on any atom is -0.497 e. The first-order chi connectivity index (χ1) is 23.8. The second-order valence-electron chi connectivity index (χ2n) is 12.9. The van der Waals surface area contributed by atoms with Gasteiger partial charge in [0, 0.05) is 26.2 Å². The van der Waals surface area contributed by atoms with Crippen LogP contribution in [-0.2, 0) is 44.4 Å². The van der Waals surface area contributed by atoms with Gasteiger partial charge in [-0.15, -0.1) is 0 Å². The SMILES string of the molecule is CCOP(=O)(OCC)c1ccc(CN(C)C[C@H](NC(=O)O[C@H]2CO[C@H]3OCC[C@H]32)[C@H](O)CN(CC(C)C)S(=O)(=O)c2ccc(OC)cc2)cc1. The van der Waals surface area contributed by atoms with E-state index in [9.17, 15) is 22.9 Å². The van der Waals surface area contributed by atoms with Crippen molar-refractivity contribution in [3.63, 3.8) is 0 Å². The standard InChI is InChI=1S/C34H52N3O11PS/c1-7-46-49(40,47-8-2)27-13-9-25(10-14-27)20-36(5)21-30(35-34(39)48-32-23-45-33-29(32)17-18-44-33)31(38)22-37(19-24(3)4)50(41,42)28-15-11-26(43-6)12-16-28/h9-16,24,29-33,38H,7-8,17-23H2,1-6H3,(H,35,39)/t29-,30-,31+,32-,33+/m0/s1. The van der Waals surface area contributed by atoms with Crippen molar-refractivity contribution in [2.45, 2.75) is 70.1 Å². The Labute approximate surface area is 295 Å². The molecule has 2 fully saturated rings. The van der Waals surface area contributed by atoms with Crippen LogP contribution in [0.1, 0.15) is 39.7 Å². The van der Waals surface area contributed by atoms with E-state index in [4.69, 9.17) is 28.0 Å². The van der Waals surface area contributed by atoms with Crippen LogP contribution >= 0.6 is 7.60 Å². The molecule has 14 nitrogen and oxygen atoms in total. The molecule has 2 aromatic carbocycles. The van der Waals surface area contributed by atoms with E-state index in [1.54, 1.807) is 38.1 Å². The summed E-state index contributed by atoms with van der Waals surface area (Å²) in [7, 11) is -4.15. The van der Waals surface area contributed by atoms with E-state index in [0.717, 1.165) is 5.56 Å². The van der Waals surface area contributed by atoms with Crippen LogP contribution in [0.2, 0.25) is 0 Å². The molecule has 2 saturated heterocycles. The number of nitrogens with zero attached hydrogens (tertiary/aromatic N) is 2. The van der Waals surface area contributed by atoms with E-state index in [-0.39, 0.29) is 56.2 Å². The Morgan fingerprint density at radius 3 is 2.28 bits per heavy atom. The average Bonchev–Trinajstić information content (AvgIpc) is 3.69. The maximum Gasteiger partial charge on any atom is 0.407 e. The summed E-state index contributed by atoms with van der Waals surface area (Å²) in [5, 5.41) is 14.9. The van der Waals surface area contributed by atoms with Crippen molar-refractivity contribution in [1.29, 1.82) is 0 Å². The zero-order valence-electron chi connectivity index (χ0n) is 29.7. The quantitative estimate of drug-likeness (QED) is 0.202. The predicted octanol–water partition coefficient (Wildman–Crippen LogP) is 3.58. The minimum atomic E-state index is -4.02. The number of likely N-dealkylation sites (N-methyl/N-ethyl adjacent to an activating group) is 1. The third-order valence-electron chi connectivity index (χ3n) is 8.48. The fourth-order valence-electron chi connectivity index (χ4n) is 6.07. The second-order valence-corrected chi connectivity index (χ2v) is 16.8. The number of carbonyl (C=O) groups is 1. The molecule has 4 rings (SSSR count). The number of fused-ring (bicyclic) bond motifs is 1. The number of alkyl carbamates (subject to hydrolysis) is 1. The fraction of sp³-hybridized carbons (Fsp3) is 0.618.